The second-order valence-electron chi connectivity index (χ2n) is 5.04. The van der Waals surface area contributed by atoms with E-state index in [4.69, 9.17) is 4.98 Å². The van der Waals surface area contributed by atoms with Gasteiger partial charge in [-0.3, -0.25) is 0 Å². The first-order valence-corrected chi connectivity index (χ1v) is 7.93. The Balaban J connectivity index is 1.87. The highest BCUT2D eigenvalue weighted by Crippen LogP contribution is 2.33. The Labute approximate surface area is 109 Å². The zero-order valence-corrected chi connectivity index (χ0v) is 11.7. The average molecular weight is 252 g/mol. The summed E-state index contributed by atoms with van der Waals surface area (Å²) in [4.78, 5) is 4.80. The molecule has 0 unspecified atom stereocenters. The summed E-state index contributed by atoms with van der Waals surface area (Å²) in [6, 6.07) is 0. The van der Waals surface area contributed by atoms with Crippen LogP contribution in [0.3, 0.4) is 0 Å². The van der Waals surface area contributed by atoms with Crippen LogP contribution < -0.4 is 5.32 Å². The van der Waals surface area contributed by atoms with Crippen molar-refractivity contribution in [2.24, 2.45) is 0 Å². The quantitative estimate of drug-likeness (QED) is 0.631. The van der Waals surface area contributed by atoms with Gasteiger partial charge in [0.1, 0.15) is 0 Å². The molecule has 0 aromatic carbocycles. The topological polar surface area (TPSA) is 24.9 Å². The van der Waals surface area contributed by atoms with Gasteiger partial charge < -0.3 is 5.32 Å². The molecule has 1 saturated carbocycles. The molecule has 0 saturated heterocycles. The molecule has 2 nitrogen and oxygen atoms in total. The molecule has 0 radical (unpaired) electrons. The first-order valence-electron chi connectivity index (χ1n) is 7.05. The van der Waals surface area contributed by atoms with Crippen molar-refractivity contribution in [3.63, 3.8) is 0 Å². The summed E-state index contributed by atoms with van der Waals surface area (Å²) in [7, 11) is 0. The molecular formula is C14H24N2S. The third-order valence-corrected chi connectivity index (χ3v) is 4.56. The first-order chi connectivity index (χ1) is 8.40. The van der Waals surface area contributed by atoms with Crippen molar-refractivity contribution in [3.8, 4) is 0 Å². The lowest BCUT2D eigenvalue weighted by Gasteiger charge is -2.09. The number of nitrogens with zero attached hydrogens (tertiary/aromatic N) is 1. The normalized spacial score (nSPS) is 18.2. The predicted octanol–water partition coefficient (Wildman–Crippen LogP) is 4.08. The lowest BCUT2D eigenvalue weighted by molar-refractivity contribution is 0.584. The molecule has 1 aromatic rings. The summed E-state index contributed by atoms with van der Waals surface area (Å²) in [5.41, 5.74) is 1.24. The Morgan fingerprint density at radius 2 is 2.06 bits per heavy atom. The molecule has 2 rings (SSSR count). The smallest absolute Gasteiger partial charge is 0.0959 e. The van der Waals surface area contributed by atoms with Crippen LogP contribution in [0.25, 0.3) is 0 Å². The van der Waals surface area contributed by atoms with Crippen LogP contribution in [0.5, 0.6) is 0 Å². The number of aromatic nitrogens is 1. The van der Waals surface area contributed by atoms with Crippen molar-refractivity contribution >= 4 is 11.3 Å². The molecule has 0 atom stereocenters. The Hall–Kier alpha value is -0.410. The fraction of sp³-hybridized carbons (Fsp3) is 0.786. The van der Waals surface area contributed by atoms with Gasteiger partial charge in [-0.25, -0.2) is 4.98 Å². The van der Waals surface area contributed by atoms with E-state index in [9.17, 15) is 0 Å². The van der Waals surface area contributed by atoms with Gasteiger partial charge in [0.15, 0.2) is 0 Å². The van der Waals surface area contributed by atoms with Crippen LogP contribution in [0.4, 0.5) is 0 Å². The van der Waals surface area contributed by atoms with Crippen molar-refractivity contribution in [2.75, 3.05) is 6.54 Å². The lowest BCUT2D eigenvalue weighted by Crippen LogP contribution is -2.14. The van der Waals surface area contributed by atoms with Crippen molar-refractivity contribution in [1.82, 2.24) is 10.3 Å². The minimum absolute atomic E-state index is 0.752. The molecule has 1 aromatic heterocycles. The second-order valence-corrected chi connectivity index (χ2v) is 5.93. The van der Waals surface area contributed by atoms with Gasteiger partial charge in [0.05, 0.1) is 10.7 Å². The molecule has 1 aliphatic carbocycles. The Morgan fingerprint density at radius 3 is 2.76 bits per heavy atom. The van der Waals surface area contributed by atoms with Gasteiger partial charge >= 0.3 is 0 Å². The largest absolute Gasteiger partial charge is 0.311 e. The third kappa shape index (κ3) is 4.07. The molecule has 1 heterocycles. The number of hydrogen-bond acceptors (Lipinski definition) is 3. The Bertz CT molecular complexity index is 314. The van der Waals surface area contributed by atoms with Crippen LogP contribution in [-0.4, -0.2) is 11.5 Å². The minimum Gasteiger partial charge on any atom is -0.311 e. The summed E-state index contributed by atoms with van der Waals surface area (Å²) < 4.78 is 0. The summed E-state index contributed by atoms with van der Waals surface area (Å²) in [5.74, 6) is 0.752. The average Bonchev–Trinajstić information content (AvgIpc) is 2.64. The van der Waals surface area contributed by atoms with E-state index in [-0.39, 0.29) is 0 Å². The van der Waals surface area contributed by atoms with Gasteiger partial charge in [-0.1, -0.05) is 32.6 Å². The van der Waals surface area contributed by atoms with Crippen LogP contribution in [0.1, 0.15) is 68.5 Å². The molecule has 17 heavy (non-hydrogen) atoms. The highest BCUT2D eigenvalue weighted by atomic mass is 32.1. The van der Waals surface area contributed by atoms with Crippen LogP contribution in [0.2, 0.25) is 0 Å². The van der Waals surface area contributed by atoms with Gasteiger partial charge in [-0.15, -0.1) is 11.3 Å². The molecule has 1 N–H and O–H groups in total. The van der Waals surface area contributed by atoms with Crippen molar-refractivity contribution in [1.29, 1.82) is 0 Å². The molecule has 0 aliphatic heterocycles. The molecule has 3 heteroatoms. The molecule has 96 valence electrons. The fourth-order valence-corrected chi connectivity index (χ4v) is 3.50. The van der Waals surface area contributed by atoms with E-state index in [2.05, 4.69) is 17.6 Å². The van der Waals surface area contributed by atoms with Crippen LogP contribution in [0.15, 0.2) is 5.38 Å². The zero-order chi connectivity index (χ0) is 11.9. The highest BCUT2D eigenvalue weighted by Gasteiger charge is 2.17. The van der Waals surface area contributed by atoms with Gasteiger partial charge in [-0.05, 0) is 25.8 Å². The van der Waals surface area contributed by atoms with Crippen molar-refractivity contribution < 1.29 is 0 Å². The molecule has 1 fully saturated rings. The van der Waals surface area contributed by atoms with E-state index in [1.165, 1.54) is 55.6 Å². The lowest BCUT2D eigenvalue weighted by atomic mass is 10.0. The van der Waals surface area contributed by atoms with Gasteiger partial charge in [0, 0.05) is 17.8 Å². The number of nitrogens with one attached hydrogen (secondary N) is 1. The van der Waals surface area contributed by atoms with Crippen molar-refractivity contribution in [3.05, 3.63) is 16.1 Å². The van der Waals surface area contributed by atoms with Gasteiger partial charge in [-0.2, -0.15) is 0 Å². The van der Waals surface area contributed by atoms with Crippen LogP contribution in [-0.2, 0) is 6.54 Å². The van der Waals surface area contributed by atoms with Crippen LogP contribution >= 0.6 is 11.3 Å². The Kier molecular flexibility index (Phi) is 5.46. The van der Waals surface area contributed by atoms with Crippen molar-refractivity contribution in [2.45, 2.75) is 64.3 Å². The van der Waals surface area contributed by atoms with E-state index in [0.717, 1.165) is 19.0 Å². The predicted molar refractivity (Wildman–Crippen MR) is 74.6 cm³/mol. The minimum atomic E-state index is 0.752. The molecule has 0 bridgehead atoms. The number of thiazole rings is 1. The van der Waals surface area contributed by atoms with Crippen LogP contribution in [0, 0.1) is 0 Å². The SMILES string of the molecule is CCCNCc1csc(C2CCCCCC2)n1. The van der Waals surface area contributed by atoms with E-state index in [0.29, 0.717) is 0 Å². The van der Waals surface area contributed by atoms with Gasteiger partial charge in [0.2, 0.25) is 0 Å². The summed E-state index contributed by atoms with van der Waals surface area (Å²) in [6.07, 6.45) is 9.55. The summed E-state index contributed by atoms with van der Waals surface area (Å²) in [6.45, 7) is 4.23. The molecular weight excluding hydrogens is 228 g/mol. The monoisotopic (exact) mass is 252 g/mol. The molecule has 1 aliphatic rings. The highest BCUT2D eigenvalue weighted by molar-refractivity contribution is 7.09. The maximum absolute atomic E-state index is 4.80. The van der Waals surface area contributed by atoms with E-state index in [1.54, 1.807) is 0 Å². The maximum atomic E-state index is 4.80. The standard InChI is InChI=1S/C14H24N2S/c1-2-9-15-10-13-11-17-14(16-13)12-7-5-3-4-6-8-12/h11-12,15H,2-10H2,1H3. The molecule has 0 amide bonds. The van der Waals surface area contributed by atoms with Gasteiger partial charge in [0.25, 0.3) is 0 Å². The Morgan fingerprint density at radius 1 is 1.29 bits per heavy atom. The summed E-state index contributed by atoms with van der Waals surface area (Å²) in [5, 5.41) is 7.05. The van der Waals surface area contributed by atoms with E-state index < -0.39 is 0 Å². The third-order valence-electron chi connectivity index (χ3n) is 3.51. The zero-order valence-electron chi connectivity index (χ0n) is 10.9. The number of rotatable bonds is 5. The van der Waals surface area contributed by atoms with E-state index >= 15 is 0 Å². The first kappa shape index (κ1) is 13.0. The second kappa shape index (κ2) is 7.12. The summed E-state index contributed by atoms with van der Waals surface area (Å²) >= 11 is 1.87. The van der Waals surface area contributed by atoms with E-state index in [1.807, 2.05) is 11.3 Å². The maximum Gasteiger partial charge on any atom is 0.0959 e. The molecule has 0 spiro atoms. The number of hydrogen-bond donors (Lipinski definition) is 1. The fourth-order valence-electron chi connectivity index (χ4n) is 2.51.